The Labute approximate surface area is 85.1 Å². The van der Waals surface area contributed by atoms with Crippen LogP contribution in [0.2, 0.25) is 0 Å². The Morgan fingerprint density at radius 1 is 1.57 bits per heavy atom. The molecule has 0 fully saturated rings. The Kier molecular flexibility index (Phi) is 3.24. The van der Waals surface area contributed by atoms with Crippen LogP contribution in [0.1, 0.15) is 32.5 Å². The van der Waals surface area contributed by atoms with Crippen LogP contribution in [-0.4, -0.2) is 23.7 Å². The monoisotopic (exact) mass is 214 g/mol. The molecular weight excluding hydrogens is 204 g/mol. The first-order valence-corrected chi connectivity index (χ1v) is 4.94. The van der Waals surface area contributed by atoms with E-state index in [9.17, 15) is 9.59 Å². The maximum atomic E-state index is 11.3. The molecule has 5 heteroatoms. The highest BCUT2D eigenvalue weighted by atomic mass is 32.1. The lowest BCUT2D eigenvalue weighted by atomic mass is 10.2. The quantitative estimate of drug-likeness (QED) is 0.781. The molecule has 0 saturated carbocycles. The van der Waals surface area contributed by atoms with Crippen LogP contribution < -0.4 is 0 Å². The van der Waals surface area contributed by atoms with Crippen molar-refractivity contribution in [1.82, 2.24) is 0 Å². The summed E-state index contributed by atoms with van der Waals surface area (Å²) in [6, 6.07) is 0. The van der Waals surface area contributed by atoms with Gasteiger partial charge in [-0.3, -0.25) is 0 Å². The van der Waals surface area contributed by atoms with Gasteiger partial charge in [0.2, 0.25) is 0 Å². The third-order valence-corrected chi connectivity index (χ3v) is 2.80. The van der Waals surface area contributed by atoms with Gasteiger partial charge in [0.1, 0.15) is 4.88 Å². The summed E-state index contributed by atoms with van der Waals surface area (Å²) in [4.78, 5) is 22.2. The fraction of sp³-hybridized carbons (Fsp3) is 0.333. The average Bonchev–Trinajstić information content (AvgIpc) is 2.47. The van der Waals surface area contributed by atoms with Crippen LogP contribution in [0.5, 0.6) is 0 Å². The molecule has 0 aliphatic heterocycles. The number of carbonyl (C=O) groups is 2. The molecule has 0 aliphatic carbocycles. The first-order chi connectivity index (χ1) is 6.57. The first kappa shape index (κ1) is 10.7. The molecule has 1 heterocycles. The van der Waals surface area contributed by atoms with Gasteiger partial charge >= 0.3 is 11.9 Å². The van der Waals surface area contributed by atoms with Crippen molar-refractivity contribution in [2.75, 3.05) is 6.61 Å². The molecule has 4 nitrogen and oxygen atoms in total. The first-order valence-electron chi connectivity index (χ1n) is 4.06. The summed E-state index contributed by atoms with van der Waals surface area (Å²) in [5, 5.41) is 10.3. The normalized spacial score (nSPS) is 9.86. The number of carboxylic acids is 1. The maximum absolute atomic E-state index is 11.3. The largest absolute Gasteiger partial charge is 0.477 e. The molecule has 0 unspecified atom stereocenters. The van der Waals surface area contributed by atoms with Gasteiger partial charge in [-0.15, -0.1) is 11.3 Å². The van der Waals surface area contributed by atoms with Gasteiger partial charge in [0.25, 0.3) is 0 Å². The molecule has 1 N–H and O–H groups in total. The molecule has 0 aromatic carbocycles. The van der Waals surface area contributed by atoms with E-state index in [4.69, 9.17) is 9.84 Å². The minimum absolute atomic E-state index is 0.188. The molecular formula is C9H10O4S. The predicted octanol–water partition coefficient (Wildman–Crippen LogP) is 1.93. The predicted molar refractivity (Wildman–Crippen MR) is 52.0 cm³/mol. The zero-order valence-corrected chi connectivity index (χ0v) is 8.68. The fourth-order valence-corrected chi connectivity index (χ4v) is 1.93. The topological polar surface area (TPSA) is 63.6 Å². The van der Waals surface area contributed by atoms with Crippen LogP contribution in [0.25, 0.3) is 0 Å². The molecule has 76 valence electrons. The van der Waals surface area contributed by atoms with Gasteiger partial charge in [0, 0.05) is 5.38 Å². The maximum Gasteiger partial charge on any atom is 0.346 e. The van der Waals surface area contributed by atoms with Gasteiger partial charge in [0.05, 0.1) is 12.2 Å². The number of hydrogen-bond acceptors (Lipinski definition) is 4. The molecule has 1 rings (SSSR count). The Balaban J connectivity index is 3.00. The van der Waals surface area contributed by atoms with Gasteiger partial charge in [-0.1, -0.05) is 0 Å². The van der Waals surface area contributed by atoms with E-state index >= 15 is 0 Å². The van der Waals surface area contributed by atoms with E-state index in [0.717, 1.165) is 11.3 Å². The van der Waals surface area contributed by atoms with E-state index in [1.54, 1.807) is 13.8 Å². The zero-order valence-electron chi connectivity index (χ0n) is 7.86. The lowest BCUT2D eigenvalue weighted by Gasteiger charge is -2.00. The van der Waals surface area contributed by atoms with E-state index in [-0.39, 0.29) is 11.5 Å². The van der Waals surface area contributed by atoms with Crippen molar-refractivity contribution >= 4 is 23.3 Å². The number of carbonyl (C=O) groups excluding carboxylic acids is 1. The minimum atomic E-state index is -1.01. The second-order valence-corrected chi connectivity index (χ2v) is 3.51. The fourth-order valence-electron chi connectivity index (χ4n) is 1.04. The van der Waals surface area contributed by atoms with Crippen LogP contribution in [0.15, 0.2) is 5.38 Å². The number of esters is 1. The second kappa shape index (κ2) is 4.23. The summed E-state index contributed by atoms with van der Waals surface area (Å²) in [6.07, 6.45) is 0. The van der Waals surface area contributed by atoms with E-state index in [1.165, 1.54) is 5.38 Å². The molecule has 1 aromatic rings. The van der Waals surface area contributed by atoms with Crippen LogP contribution >= 0.6 is 11.3 Å². The van der Waals surface area contributed by atoms with Crippen molar-refractivity contribution in [3.8, 4) is 0 Å². The molecule has 0 spiro atoms. The number of rotatable bonds is 3. The summed E-state index contributed by atoms with van der Waals surface area (Å²) < 4.78 is 4.78. The molecule has 0 aliphatic rings. The number of aromatic carboxylic acids is 1. The number of thiophene rings is 1. The third-order valence-electron chi connectivity index (χ3n) is 1.73. The van der Waals surface area contributed by atoms with Gasteiger partial charge < -0.3 is 9.84 Å². The summed E-state index contributed by atoms with van der Waals surface area (Å²) in [5.41, 5.74) is 0.815. The van der Waals surface area contributed by atoms with Crippen molar-refractivity contribution < 1.29 is 19.4 Å². The highest BCUT2D eigenvalue weighted by Crippen LogP contribution is 2.22. The SMILES string of the molecule is CCOC(=O)c1csc(C(=O)O)c1C. The van der Waals surface area contributed by atoms with Gasteiger partial charge in [-0.25, -0.2) is 9.59 Å². The third kappa shape index (κ3) is 1.93. The Hall–Kier alpha value is -1.36. The molecule has 1 aromatic heterocycles. The van der Waals surface area contributed by atoms with Crippen molar-refractivity contribution in [2.45, 2.75) is 13.8 Å². The molecule has 0 bridgehead atoms. The standard InChI is InChI=1S/C9H10O4S/c1-3-13-9(12)6-4-14-7(5(6)2)8(10)11/h4H,3H2,1-2H3,(H,10,11). The van der Waals surface area contributed by atoms with Crippen LogP contribution in [0.3, 0.4) is 0 Å². The van der Waals surface area contributed by atoms with E-state index in [1.807, 2.05) is 0 Å². The lowest BCUT2D eigenvalue weighted by molar-refractivity contribution is 0.0526. The Bertz CT molecular complexity index is 367. The Morgan fingerprint density at radius 2 is 2.21 bits per heavy atom. The van der Waals surface area contributed by atoms with Gasteiger partial charge in [0.15, 0.2) is 0 Å². The van der Waals surface area contributed by atoms with Crippen molar-refractivity contribution in [3.05, 3.63) is 21.4 Å². The molecule has 0 atom stereocenters. The van der Waals surface area contributed by atoms with Crippen molar-refractivity contribution in [3.63, 3.8) is 0 Å². The summed E-state index contributed by atoms with van der Waals surface area (Å²) in [7, 11) is 0. The van der Waals surface area contributed by atoms with Crippen molar-refractivity contribution in [1.29, 1.82) is 0 Å². The highest BCUT2D eigenvalue weighted by Gasteiger charge is 2.18. The van der Waals surface area contributed by atoms with E-state index < -0.39 is 11.9 Å². The second-order valence-electron chi connectivity index (χ2n) is 2.63. The molecule has 14 heavy (non-hydrogen) atoms. The Morgan fingerprint density at radius 3 is 2.64 bits per heavy atom. The summed E-state index contributed by atoms with van der Waals surface area (Å²) >= 11 is 1.04. The zero-order chi connectivity index (χ0) is 10.7. The van der Waals surface area contributed by atoms with Crippen LogP contribution in [0, 0.1) is 6.92 Å². The van der Waals surface area contributed by atoms with E-state index in [0.29, 0.717) is 11.1 Å². The van der Waals surface area contributed by atoms with Gasteiger partial charge in [-0.2, -0.15) is 0 Å². The lowest BCUT2D eigenvalue weighted by Crippen LogP contribution is -2.06. The molecule has 0 radical (unpaired) electrons. The van der Waals surface area contributed by atoms with E-state index in [2.05, 4.69) is 0 Å². The number of hydrogen-bond donors (Lipinski definition) is 1. The van der Waals surface area contributed by atoms with Crippen LogP contribution in [0.4, 0.5) is 0 Å². The van der Waals surface area contributed by atoms with Gasteiger partial charge in [-0.05, 0) is 19.4 Å². The average molecular weight is 214 g/mol. The van der Waals surface area contributed by atoms with Crippen molar-refractivity contribution in [2.24, 2.45) is 0 Å². The molecule has 0 amide bonds. The number of ether oxygens (including phenoxy) is 1. The summed E-state index contributed by atoms with van der Waals surface area (Å²) in [5.74, 6) is -1.48. The highest BCUT2D eigenvalue weighted by molar-refractivity contribution is 7.12. The smallest absolute Gasteiger partial charge is 0.346 e. The minimum Gasteiger partial charge on any atom is -0.477 e. The van der Waals surface area contributed by atoms with Crippen LogP contribution in [-0.2, 0) is 4.74 Å². The summed E-state index contributed by atoms with van der Waals surface area (Å²) in [6.45, 7) is 3.60. The molecule has 0 saturated heterocycles. The number of carboxylic acid groups (broad SMARTS) is 1.